The Labute approximate surface area is 78.5 Å². The van der Waals surface area contributed by atoms with Crippen molar-refractivity contribution in [2.24, 2.45) is 0 Å². The van der Waals surface area contributed by atoms with E-state index in [9.17, 15) is 3.89 Å². The second kappa shape index (κ2) is 6.76. The van der Waals surface area contributed by atoms with Gasteiger partial charge in [0.2, 0.25) is 0 Å². The summed E-state index contributed by atoms with van der Waals surface area (Å²) < 4.78 is 13.0. The Morgan fingerprint density at radius 1 is 0.917 bits per heavy atom. The number of rotatable bonds is 7. The van der Waals surface area contributed by atoms with Crippen LogP contribution in [0.4, 0.5) is 3.89 Å². The number of halogens is 1. The van der Waals surface area contributed by atoms with Gasteiger partial charge in [-0.25, -0.2) is 0 Å². The summed E-state index contributed by atoms with van der Waals surface area (Å²) in [6.45, 7) is 2.22. The van der Waals surface area contributed by atoms with Crippen LogP contribution in [0.15, 0.2) is 0 Å². The molecule has 0 saturated carbocycles. The summed E-state index contributed by atoms with van der Waals surface area (Å²) in [4.78, 5) is 0. The van der Waals surface area contributed by atoms with Crippen molar-refractivity contribution in [3.05, 3.63) is 0 Å². The lowest BCUT2D eigenvalue weighted by Crippen LogP contribution is -1.94. The van der Waals surface area contributed by atoms with E-state index < -0.39 is 10.4 Å². The van der Waals surface area contributed by atoms with Crippen LogP contribution in [0.25, 0.3) is 0 Å². The highest BCUT2D eigenvalue weighted by molar-refractivity contribution is 8.28. The van der Waals surface area contributed by atoms with Gasteiger partial charge in [0.15, 0.2) is 0 Å². The molecule has 0 unspecified atom stereocenters. The lowest BCUT2D eigenvalue weighted by Gasteiger charge is -2.18. The predicted molar refractivity (Wildman–Crippen MR) is 58.8 cm³/mol. The highest BCUT2D eigenvalue weighted by Gasteiger charge is 2.07. The van der Waals surface area contributed by atoms with E-state index in [1.165, 1.54) is 32.1 Å². The van der Waals surface area contributed by atoms with E-state index in [0.29, 0.717) is 0 Å². The summed E-state index contributed by atoms with van der Waals surface area (Å²) in [7, 11) is -1.72. The van der Waals surface area contributed by atoms with Crippen molar-refractivity contribution >= 4 is 10.4 Å². The minimum atomic E-state index is -1.72. The average molecular weight is 194 g/mol. The zero-order chi connectivity index (χ0) is 9.45. The molecule has 0 aliphatic heterocycles. The van der Waals surface area contributed by atoms with Gasteiger partial charge in [-0.05, 0) is 18.9 Å². The van der Waals surface area contributed by atoms with Crippen molar-refractivity contribution in [3.63, 3.8) is 0 Å². The molecule has 0 amide bonds. The van der Waals surface area contributed by atoms with Crippen LogP contribution in [0, 0.1) is 0 Å². The van der Waals surface area contributed by atoms with Crippen LogP contribution in [0.5, 0.6) is 0 Å². The standard InChI is InChI=1S/C10H23FS/c1-4-5-6-7-8-9-10-12(2,3)11/h4-10H2,1-3H3. The van der Waals surface area contributed by atoms with Crippen molar-refractivity contribution in [2.75, 3.05) is 18.3 Å². The molecule has 0 bridgehead atoms. The number of hydrogen-bond donors (Lipinski definition) is 0. The SMILES string of the molecule is CCCCCCCCS(C)(C)F. The van der Waals surface area contributed by atoms with Gasteiger partial charge in [0.05, 0.1) is 0 Å². The number of unbranched alkanes of at least 4 members (excludes halogenated alkanes) is 5. The molecule has 0 aromatic carbocycles. The Bertz CT molecular complexity index is 96.5. The molecule has 0 fully saturated rings. The van der Waals surface area contributed by atoms with Crippen LogP contribution in [0.1, 0.15) is 45.4 Å². The Hall–Kier alpha value is 0.280. The third-order valence-corrected chi connectivity index (χ3v) is 3.24. The molecule has 0 radical (unpaired) electrons. The monoisotopic (exact) mass is 194 g/mol. The van der Waals surface area contributed by atoms with Gasteiger partial charge in [-0.1, -0.05) is 49.4 Å². The quantitative estimate of drug-likeness (QED) is 0.530. The van der Waals surface area contributed by atoms with Crippen molar-refractivity contribution in [3.8, 4) is 0 Å². The third kappa shape index (κ3) is 10.3. The summed E-state index contributed by atoms with van der Waals surface area (Å²) in [6.07, 6.45) is 11.1. The Morgan fingerprint density at radius 3 is 1.92 bits per heavy atom. The minimum absolute atomic E-state index is 0.805. The van der Waals surface area contributed by atoms with Gasteiger partial charge >= 0.3 is 0 Å². The van der Waals surface area contributed by atoms with Crippen LogP contribution in [-0.4, -0.2) is 18.3 Å². The first-order chi connectivity index (χ1) is 5.56. The molecule has 76 valence electrons. The van der Waals surface area contributed by atoms with Gasteiger partial charge in [-0.15, -0.1) is 0 Å². The molecule has 0 aliphatic carbocycles. The van der Waals surface area contributed by atoms with Crippen molar-refractivity contribution < 1.29 is 3.89 Å². The maximum absolute atomic E-state index is 13.0. The predicted octanol–water partition coefficient (Wildman–Crippen LogP) is 4.30. The fourth-order valence-corrected chi connectivity index (χ4v) is 2.12. The third-order valence-electron chi connectivity index (χ3n) is 1.98. The van der Waals surface area contributed by atoms with E-state index in [1.54, 1.807) is 12.5 Å². The van der Waals surface area contributed by atoms with E-state index >= 15 is 0 Å². The molecule has 0 aromatic rings. The molecule has 0 N–H and O–H groups in total. The smallest absolute Gasteiger partial charge is 0.00304 e. The van der Waals surface area contributed by atoms with Crippen molar-refractivity contribution in [1.29, 1.82) is 0 Å². The molecule has 0 aliphatic rings. The summed E-state index contributed by atoms with van der Waals surface area (Å²) >= 11 is 0. The summed E-state index contributed by atoms with van der Waals surface area (Å²) in [6, 6.07) is 0. The Kier molecular flexibility index (Phi) is 6.92. The molecule has 12 heavy (non-hydrogen) atoms. The summed E-state index contributed by atoms with van der Waals surface area (Å²) in [5, 5.41) is 0. The van der Waals surface area contributed by atoms with Crippen LogP contribution in [-0.2, 0) is 0 Å². The highest BCUT2D eigenvalue weighted by atomic mass is 32.3. The van der Waals surface area contributed by atoms with Crippen molar-refractivity contribution in [1.82, 2.24) is 0 Å². The molecular weight excluding hydrogens is 171 g/mol. The first-order valence-electron chi connectivity index (χ1n) is 4.97. The normalized spacial score (nSPS) is 13.3. The lowest BCUT2D eigenvalue weighted by atomic mass is 10.1. The maximum atomic E-state index is 13.0. The van der Waals surface area contributed by atoms with Crippen LogP contribution in [0.3, 0.4) is 0 Å². The fourth-order valence-electron chi connectivity index (χ4n) is 1.23. The summed E-state index contributed by atoms with van der Waals surface area (Å²) in [5.41, 5.74) is 0. The second-order valence-corrected chi connectivity index (χ2v) is 7.09. The van der Waals surface area contributed by atoms with Gasteiger partial charge in [-0.3, -0.25) is 0 Å². The molecule has 0 saturated heterocycles. The zero-order valence-corrected chi connectivity index (χ0v) is 9.55. The topological polar surface area (TPSA) is 0 Å². The van der Waals surface area contributed by atoms with Gasteiger partial charge in [0.1, 0.15) is 0 Å². The molecule has 0 aromatic heterocycles. The molecule has 0 heterocycles. The van der Waals surface area contributed by atoms with Gasteiger partial charge < -0.3 is 0 Å². The minimum Gasteiger partial charge on any atom is -0.190 e. The van der Waals surface area contributed by atoms with Crippen LogP contribution >= 0.6 is 10.4 Å². The van der Waals surface area contributed by atoms with E-state index in [-0.39, 0.29) is 0 Å². The van der Waals surface area contributed by atoms with E-state index in [2.05, 4.69) is 6.92 Å². The van der Waals surface area contributed by atoms with E-state index in [0.717, 1.165) is 12.2 Å². The lowest BCUT2D eigenvalue weighted by molar-refractivity contribution is 0.624. The van der Waals surface area contributed by atoms with E-state index in [1.807, 2.05) is 0 Å². The second-order valence-electron chi connectivity index (χ2n) is 3.88. The maximum Gasteiger partial charge on any atom is 0.00304 e. The molecule has 0 nitrogen and oxygen atoms in total. The molecule has 0 spiro atoms. The largest absolute Gasteiger partial charge is 0.190 e. The van der Waals surface area contributed by atoms with E-state index in [4.69, 9.17) is 0 Å². The zero-order valence-electron chi connectivity index (χ0n) is 8.74. The molecular formula is C10H23FS. The van der Waals surface area contributed by atoms with Crippen LogP contribution in [0.2, 0.25) is 0 Å². The Balaban J connectivity index is 3.01. The average Bonchev–Trinajstić information content (AvgIpc) is 1.94. The van der Waals surface area contributed by atoms with Crippen molar-refractivity contribution in [2.45, 2.75) is 45.4 Å². The Morgan fingerprint density at radius 2 is 1.42 bits per heavy atom. The van der Waals surface area contributed by atoms with Gasteiger partial charge in [-0.2, -0.15) is 3.89 Å². The van der Waals surface area contributed by atoms with Gasteiger partial charge in [0.25, 0.3) is 0 Å². The highest BCUT2D eigenvalue weighted by Crippen LogP contribution is 2.41. The van der Waals surface area contributed by atoms with Gasteiger partial charge in [0, 0.05) is 5.75 Å². The molecule has 0 atom stereocenters. The first-order valence-corrected chi connectivity index (χ1v) is 7.49. The molecule has 2 heteroatoms. The van der Waals surface area contributed by atoms with Crippen LogP contribution < -0.4 is 0 Å². The first kappa shape index (κ1) is 12.3. The molecule has 0 rings (SSSR count). The fraction of sp³-hybridized carbons (Fsp3) is 1.00. The summed E-state index contributed by atoms with van der Waals surface area (Å²) in [5.74, 6) is 0.805. The number of hydrogen-bond acceptors (Lipinski definition) is 0.